The molecular formula is C25H15N5OS2. The fourth-order valence-corrected chi connectivity index (χ4v) is 5.02. The van der Waals surface area contributed by atoms with E-state index in [0.717, 1.165) is 19.5 Å². The molecular weight excluding hydrogens is 450 g/mol. The van der Waals surface area contributed by atoms with Crippen LogP contribution in [0.1, 0.15) is 38.9 Å². The van der Waals surface area contributed by atoms with Crippen molar-refractivity contribution < 1.29 is 4.74 Å². The number of aryl methyl sites for hydroxylation is 1. The molecule has 0 N–H and O–H groups in total. The van der Waals surface area contributed by atoms with Gasteiger partial charge in [-0.15, -0.1) is 22.7 Å². The maximum Gasteiger partial charge on any atom is 0.205 e. The van der Waals surface area contributed by atoms with Crippen LogP contribution < -0.4 is 0 Å². The van der Waals surface area contributed by atoms with Crippen molar-refractivity contribution in [2.24, 2.45) is 0 Å². The predicted octanol–water partition coefficient (Wildman–Crippen LogP) is 6.35. The molecule has 0 unspecified atom stereocenters. The molecule has 0 aromatic carbocycles. The van der Waals surface area contributed by atoms with E-state index in [9.17, 15) is 21.0 Å². The van der Waals surface area contributed by atoms with E-state index in [4.69, 9.17) is 11.3 Å². The molecule has 0 aliphatic carbocycles. The Morgan fingerprint density at radius 2 is 1.82 bits per heavy atom. The molecule has 8 heteroatoms. The minimum absolute atomic E-state index is 0.00298. The molecule has 0 fully saturated rings. The molecule has 0 saturated carbocycles. The fraction of sp³-hybridized carbons (Fsp3) is 0.160. The highest BCUT2D eigenvalue weighted by Crippen LogP contribution is 2.40. The average Bonchev–Trinajstić information content (AvgIpc) is 3.46. The van der Waals surface area contributed by atoms with Crippen LogP contribution in [-0.4, -0.2) is 5.60 Å². The normalized spacial score (nSPS) is 14.7. The maximum atomic E-state index is 9.63. The number of rotatable bonds is 4. The van der Waals surface area contributed by atoms with E-state index in [-0.39, 0.29) is 16.9 Å². The highest BCUT2D eigenvalue weighted by atomic mass is 32.1. The van der Waals surface area contributed by atoms with Gasteiger partial charge in [0.15, 0.2) is 11.3 Å². The number of ether oxygens (including phenoxy) is 1. The Kier molecular flexibility index (Phi) is 6.63. The quantitative estimate of drug-likeness (QED) is 0.386. The molecule has 2 aromatic heterocycles. The third-order valence-electron chi connectivity index (χ3n) is 4.75. The lowest BCUT2D eigenvalue weighted by Gasteiger charge is -2.20. The lowest BCUT2D eigenvalue weighted by atomic mass is 9.94. The highest BCUT2D eigenvalue weighted by Gasteiger charge is 2.38. The van der Waals surface area contributed by atoms with Crippen molar-refractivity contribution in [2.75, 3.05) is 0 Å². The van der Waals surface area contributed by atoms with Gasteiger partial charge < -0.3 is 4.74 Å². The van der Waals surface area contributed by atoms with Crippen LogP contribution in [0.2, 0.25) is 0 Å². The van der Waals surface area contributed by atoms with Gasteiger partial charge in [0, 0.05) is 25.1 Å². The third-order valence-corrected chi connectivity index (χ3v) is 6.82. The van der Waals surface area contributed by atoms with E-state index < -0.39 is 5.60 Å². The summed E-state index contributed by atoms with van der Waals surface area (Å²) in [4.78, 5) is 7.01. The Bertz CT molecular complexity index is 1460. The number of hydrogen-bond acceptors (Lipinski definition) is 7. The van der Waals surface area contributed by atoms with Gasteiger partial charge >= 0.3 is 0 Å². The summed E-state index contributed by atoms with van der Waals surface area (Å²) in [5, 5.41) is 37.3. The molecule has 1 aliphatic heterocycles. The van der Waals surface area contributed by atoms with Crippen molar-refractivity contribution >= 4 is 40.5 Å². The maximum absolute atomic E-state index is 9.63. The number of nitrogens with zero attached hydrogens (tertiary/aromatic N) is 5. The first-order valence-corrected chi connectivity index (χ1v) is 11.2. The molecule has 0 amide bonds. The van der Waals surface area contributed by atoms with Gasteiger partial charge in [0.25, 0.3) is 0 Å². The summed E-state index contributed by atoms with van der Waals surface area (Å²) in [7, 11) is 0. The molecule has 2 aromatic rings. The molecule has 6 nitrogen and oxygen atoms in total. The van der Waals surface area contributed by atoms with Gasteiger partial charge in [0.1, 0.15) is 35.5 Å². The first kappa shape index (κ1) is 23.3. The number of allylic oxidation sites excluding steroid dienone is 2. The van der Waals surface area contributed by atoms with Crippen LogP contribution in [0.5, 0.6) is 0 Å². The van der Waals surface area contributed by atoms with E-state index >= 15 is 0 Å². The smallest absolute Gasteiger partial charge is 0.205 e. The van der Waals surface area contributed by atoms with Crippen molar-refractivity contribution in [1.29, 1.82) is 21.0 Å². The first-order chi connectivity index (χ1) is 15.8. The van der Waals surface area contributed by atoms with Crippen molar-refractivity contribution in [3.63, 3.8) is 0 Å². The zero-order valence-electron chi connectivity index (χ0n) is 17.9. The van der Waals surface area contributed by atoms with Crippen LogP contribution >= 0.6 is 22.7 Å². The second kappa shape index (κ2) is 9.40. The number of hydrogen-bond donors (Lipinski definition) is 0. The second-order valence-corrected chi connectivity index (χ2v) is 9.77. The third kappa shape index (κ3) is 4.62. The predicted molar refractivity (Wildman–Crippen MR) is 128 cm³/mol. The molecule has 33 heavy (non-hydrogen) atoms. The van der Waals surface area contributed by atoms with Crippen molar-refractivity contribution in [2.45, 2.75) is 26.4 Å². The molecule has 0 bridgehead atoms. The molecule has 3 rings (SSSR count). The largest absolute Gasteiger partial charge is 0.480 e. The van der Waals surface area contributed by atoms with E-state index in [1.807, 2.05) is 25.1 Å². The van der Waals surface area contributed by atoms with Crippen LogP contribution in [0.3, 0.4) is 0 Å². The van der Waals surface area contributed by atoms with Crippen LogP contribution in [-0.2, 0) is 4.74 Å². The number of thiophene rings is 2. The van der Waals surface area contributed by atoms with Crippen molar-refractivity contribution in [3.8, 4) is 24.3 Å². The van der Waals surface area contributed by atoms with Crippen molar-refractivity contribution in [3.05, 3.63) is 83.2 Å². The number of nitriles is 4. The van der Waals surface area contributed by atoms with E-state index in [1.54, 1.807) is 44.2 Å². The molecule has 0 saturated heterocycles. The Morgan fingerprint density at radius 1 is 1.09 bits per heavy atom. The Labute approximate surface area is 199 Å². The van der Waals surface area contributed by atoms with Crippen LogP contribution in [0, 0.1) is 58.8 Å². The van der Waals surface area contributed by atoms with Crippen LogP contribution in [0.25, 0.3) is 22.7 Å². The SMILES string of the molecule is [C-]#[N+]/C(=C\c1sc(C)cc1C#N)c1ccc(/C=C/C2=C(C#N)C(=C(C#N)C#N)OC2(C)C)s1. The topological polar surface area (TPSA) is 109 Å². The summed E-state index contributed by atoms with van der Waals surface area (Å²) < 4.78 is 5.76. The summed E-state index contributed by atoms with van der Waals surface area (Å²) in [6.45, 7) is 13.0. The zero-order chi connectivity index (χ0) is 24.2. The van der Waals surface area contributed by atoms with Gasteiger partial charge in [-0.3, -0.25) is 0 Å². The monoisotopic (exact) mass is 465 g/mol. The summed E-state index contributed by atoms with van der Waals surface area (Å²) in [6, 6.07) is 13.3. The van der Waals surface area contributed by atoms with E-state index in [1.165, 1.54) is 22.7 Å². The molecule has 0 radical (unpaired) electrons. The molecule has 3 heterocycles. The second-order valence-electron chi connectivity index (χ2n) is 7.36. The van der Waals surface area contributed by atoms with Gasteiger partial charge in [-0.2, -0.15) is 21.0 Å². The van der Waals surface area contributed by atoms with Crippen molar-refractivity contribution in [1.82, 2.24) is 0 Å². The van der Waals surface area contributed by atoms with Crippen LogP contribution in [0.15, 0.2) is 46.8 Å². The lowest BCUT2D eigenvalue weighted by Crippen LogP contribution is -2.20. The van der Waals surface area contributed by atoms with Gasteiger partial charge in [0.05, 0.1) is 12.1 Å². The summed E-state index contributed by atoms with van der Waals surface area (Å²) in [5.41, 5.74) is 0.581. The zero-order valence-corrected chi connectivity index (χ0v) is 19.6. The minimum Gasteiger partial charge on any atom is -0.480 e. The Hall–Kier alpha value is -4.39. The van der Waals surface area contributed by atoms with Gasteiger partial charge in [-0.25, -0.2) is 4.85 Å². The summed E-state index contributed by atoms with van der Waals surface area (Å²) in [6.07, 6.45) is 5.28. The average molecular weight is 466 g/mol. The molecule has 0 atom stereocenters. The fourth-order valence-electron chi connectivity index (χ4n) is 3.24. The lowest BCUT2D eigenvalue weighted by molar-refractivity contribution is 0.0954. The molecule has 1 aliphatic rings. The highest BCUT2D eigenvalue weighted by molar-refractivity contribution is 7.14. The van der Waals surface area contributed by atoms with Gasteiger partial charge in [0.2, 0.25) is 5.70 Å². The Balaban J connectivity index is 1.98. The summed E-state index contributed by atoms with van der Waals surface area (Å²) >= 11 is 2.87. The Morgan fingerprint density at radius 3 is 2.42 bits per heavy atom. The van der Waals surface area contributed by atoms with E-state index in [2.05, 4.69) is 17.0 Å². The van der Waals surface area contributed by atoms with Crippen LogP contribution in [0.4, 0.5) is 0 Å². The van der Waals surface area contributed by atoms with Gasteiger partial charge in [-0.1, -0.05) is 12.1 Å². The standard InChI is InChI=1S/C25H15N5OS2/c1-15-9-16(11-26)23(32-15)10-21(30-4)22-8-6-18(33-22)5-7-20-19(14-29)24(17(12-27)13-28)31-25(20,2)3/h5-10H,1-3H3/b7-5+,21-10-. The molecule has 158 valence electrons. The van der Waals surface area contributed by atoms with E-state index in [0.29, 0.717) is 16.8 Å². The minimum atomic E-state index is -0.887. The molecule has 0 spiro atoms. The van der Waals surface area contributed by atoms with Gasteiger partial charge in [-0.05, 0) is 45.1 Å². The first-order valence-electron chi connectivity index (χ1n) is 9.54. The summed E-state index contributed by atoms with van der Waals surface area (Å²) in [5.74, 6) is -0.00298.